The molecule has 31 heavy (non-hydrogen) atoms. The smallest absolute Gasteiger partial charge is 0.276 e. The maximum Gasteiger partial charge on any atom is 0.276 e. The summed E-state index contributed by atoms with van der Waals surface area (Å²) >= 11 is 0. The molecule has 2 amide bonds. The molecule has 8 nitrogen and oxygen atoms in total. The molecule has 0 saturated carbocycles. The minimum atomic E-state index is -3.74. The summed E-state index contributed by atoms with van der Waals surface area (Å²) in [5.74, 6) is -1.29. The second kappa shape index (κ2) is 9.88. The van der Waals surface area contributed by atoms with Crippen molar-refractivity contribution in [3.63, 3.8) is 0 Å². The standard InChI is InChI=1S/C21H24FN3O5S/c1-15-3-2-4-18(13-15)30-14-20(26)23-24-21(27)16-9-11-25(12-10-16)31(28,29)19-7-5-17(22)6-8-19/h2-8,13,16H,9-12,14H2,1H3,(H,23,26)(H,24,27). The summed E-state index contributed by atoms with van der Waals surface area (Å²) < 4.78 is 45.0. The Labute approximate surface area is 180 Å². The van der Waals surface area contributed by atoms with Crippen molar-refractivity contribution in [3.05, 3.63) is 59.9 Å². The molecule has 0 aliphatic carbocycles. The van der Waals surface area contributed by atoms with Crippen molar-refractivity contribution in [2.24, 2.45) is 5.92 Å². The number of benzene rings is 2. The lowest BCUT2D eigenvalue weighted by molar-refractivity contribution is -0.132. The molecule has 2 N–H and O–H groups in total. The van der Waals surface area contributed by atoms with Crippen molar-refractivity contribution in [2.45, 2.75) is 24.7 Å². The number of sulfonamides is 1. The van der Waals surface area contributed by atoms with Crippen LogP contribution < -0.4 is 15.6 Å². The fourth-order valence-electron chi connectivity index (χ4n) is 3.24. The van der Waals surface area contributed by atoms with Crippen molar-refractivity contribution < 1.29 is 27.1 Å². The van der Waals surface area contributed by atoms with Crippen molar-refractivity contribution in [2.75, 3.05) is 19.7 Å². The van der Waals surface area contributed by atoms with Gasteiger partial charge in [-0.1, -0.05) is 12.1 Å². The van der Waals surface area contributed by atoms with Crippen LogP contribution >= 0.6 is 0 Å². The predicted molar refractivity (Wildman–Crippen MR) is 111 cm³/mol. The largest absolute Gasteiger partial charge is 0.484 e. The van der Waals surface area contributed by atoms with Crippen LogP contribution in [0.25, 0.3) is 0 Å². The molecule has 0 radical (unpaired) electrons. The Morgan fingerprint density at radius 2 is 1.77 bits per heavy atom. The number of hydrazine groups is 1. The molecule has 1 aliphatic rings. The maximum atomic E-state index is 13.0. The van der Waals surface area contributed by atoms with E-state index < -0.39 is 27.7 Å². The van der Waals surface area contributed by atoms with E-state index in [1.54, 1.807) is 12.1 Å². The van der Waals surface area contributed by atoms with Gasteiger partial charge < -0.3 is 4.74 Å². The van der Waals surface area contributed by atoms with E-state index >= 15 is 0 Å². The predicted octanol–water partition coefficient (Wildman–Crippen LogP) is 1.76. The number of ether oxygens (including phenoxy) is 1. The van der Waals surface area contributed by atoms with E-state index in [0.29, 0.717) is 18.6 Å². The zero-order chi connectivity index (χ0) is 22.4. The van der Waals surface area contributed by atoms with E-state index in [1.165, 1.54) is 16.4 Å². The van der Waals surface area contributed by atoms with Crippen LogP contribution in [0.5, 0.6) is 5.75 Å². The van der Waals surface area contributed by atoms with Gasteiger partial charge in [-0.3, -0.25) is 20.4 Å². The fourth-order valence-corrected chi connectivity index (χ4v) is 4.71. The Bertz CT molecular complexity index is 1040. The van der Waals surface area contributed by atoms with Crippen molar-refractivity contribution in [1.82, 2.24) is 15.2 Å². The Morgan fingerprint density at radius 3 is 2.42 bits per heavy atom. The van der Waals surface area contributed by atoms with Gasteiger partial charge in [-0.2, -0.15) is 4.31 Å². The molecule has 1 heterocycles. The number of aryl methyl sites for hydroxylation is 1. The van der Waals surface area contributed by atoms with Crippen LogP contribution in [0.4, 0.5) is 4.39 Å². The number of amides is 2. The first-order valence-corrected chi connectivity index (χ1v) is 11.2. The number of carbonyl (C=O) groups is 2. The molecular weight excluding hydrogens is 425 g/mol. The molecule has 3 rings (SSSR count). The second-order valence-electron chi connectivity index (χ2n) is 7.27. The fraction of sp³-hybridized carbons (Fsp3) is 0.333. The molecule has 0 unspecified atom stereocenters. The summed E-state index contributed by atoms with van der Waals surface area (Å²) in [6.45, 7) is 1.96. The lowest BCUT2D eigenvalue weighted by atomic mass is 9.98. The summed E-state index contributed by atoms with van der Waals surface area (Å²) in [5.41, 5.74) is 5.67. The Hall–Kier alpha value is -2.98. The monoisotopic (exact) mass is 449 g/mol. The highest BCUT2D eigenvalue weighted by Gasteiger charge is 2.32. The third kappa shape index (κ3) is 6.02. The van der Waals surface area contributed by atoms with E-state index in [2.05, 4.69) is 10.9 Å². The van der Waals surface area contributed by atoms with E-state index in [1.807, 2.05) is 19.1 Å². The molecule has 10 heteroatoms. The number of piperidine rings is 1. The van der Waals surface area contributed by atoms with Crippen LogP contribution in [0.2, 0.25) is 0 Å². The quantitative estimate of drug-likeness (QED) is 0.654. The summed E-state index contributed by atoms with van der Waals surface area (Å²) in [4.78, 5) is 24.2. The molecule has 2 aromatic rings. The molecule has 1 saturated heterocycles. The zero-order valence-corrected chi connectivity index (χ0v) is 17.8. The van der Waals surface area contributed by atoms with Crippen LogP contribution in [0.15, 0.2) is 53.4 Å². The Morgan fingerprint density at radius 1 is 1.10 bits per heavy atom. The number of nitrogens with zero attached hydrogens (tertiary/aromatic N) is 1. The summed E-state index contributed by atoms with van der Waals surface area (Å²) in [7, 11) is -3.74. The Balaban J connectivity index is 1.43. The molecule has 166 valence electrons. The van der Waals surface area contributed by atoms with Crippen LogP contribution in [-0.2, 0) is 19.6 Å². The zero-order valence-electron chi connectivity index (χ0n) is 17.0. The highest BCUT2D eigenvalue weighted by atomic mass is 32.2. The van der Waals surface area contributed by atoms with Gasteiger partial charge in [0.05, 0.1) is 4.90 Å². The first-order valence-electron chi connectivity index (χ1n) is 9.79. The maximum absolute atomic E-state index is 13.0. The Kier molecular flexibility index (Phi) is 7.24. The third-order valence-corrected chi connectivity index (χ3v) is 6.87. The minimum absolute atomic E-state index is 0.0117. The van der Waals surface area contributed by atoms with Crippen molar-refractivity contribution in [3.8, 4) is 5.75 Å². The molecule has 0 spiro atoms. The summed E-state index contributed by atoms with van der Waals surface area (Å²) in [5, 5.41) is 0. The van der Waals surface area contributed by atoms with Gasteiger partial charge in [-0.25, -0.2) is 12.8 Å². The summed E-state index contributed by atoms with van der Waals surface area (Å²) in [6.07, 6.45) is 0.615. The summed E-state index contributed by atoms with van der Waals surface area (Å²) in [6, 6.07) is 11.9. The molecule has 2 aromatic carbocycles. The molecule has 1 fully saturated rings. The number of rotatable bonds is 6. The van der Waals surface area contributed by atoms with Gasteiger partial charge >= 0.3 is 0 Å². The van der Waals surface area contributed by atoms with E-state index in [4.69, 9.17) is 4.74 Å². The molecular formula is C21H24FN3O5S. The van der Waals surface area contributed by atoms with Crippen LogP contribution in [0, 0.1) is 18.7 Å². The van der Waals surface area contributed by atoms with Gasteiger partial charge in [-0.05, 0) is 61.7 Å². The number of nitrogens with one attached hydrogen (secondary N) is 2. The van der Waals surface area contributed by atoms with E-state index in [-0.39, 0.29) is 30.5 Å². The van der Waals surface area contributed by atoms with Crippen molar-refractivity contribution >= 4 is 21.8 Å². The van der Waals surface area contributed by atoms with Crippen LogP contribution in [0.1, 0.15) is 18.4 Å². The van der Waals surface area contributed by atoms with Gasteiger partial charge in [0, 0.05) is 19.0 Å². The molecule has 0 atom stereocenters. The van der Waals surface area contributed by atoms with Crippen molar-refractivity contribution in [1.29, 1.82) is 0 Å². The van der Waals surface area contributed by atoms with Gasteiger partial charge in [0.15, 0.2) is 6.61 Å². The first-order chi connectivity index (χ1) is 14.8. The topological polar surface area (TPSA) is 105 Å². The lowest BCUT2D eigenvalue weighted by Gasteiger charge is -2.30. The normalized spacial score (nSPS) is 15.3. The van der Waals surface area contributed by atoms with Gasteiger partial charge in [-0.15, -0.1) is 0 Å². The second-order valence-corrected chi connectivity index (χ2v) is 9.21. The minimum Gasteiger partial charge on any atom is -0.484 e. The van der Waals surface area contributed by atoms with Crippen LogP contribution in [0.3, 0.4) is 0 Å². The number of hydrogen-bond acceptors (Lipinski definition) is 5. The molecule has 0 bridgehead atoms. The molecule has 1 aliphatic heterocycles. The first kappa shape index (κ1) is 22.7. The number of carbonyl (C=O) groups excluding carboxylic acids is 2. The number of hydrogen-bond donors (Lipinski definition) is 2. The van der Waals surface area contributed by atoms with Gasteiger partial charge in [0.25, 0.3) is 5.91 Å². The highest BCUT2D eigenvalue weighted by molar-refractivity contribution is 7.89. The average molecular weight is 450 g/mol. The lowest BCUT2D eigenvalue weighted by Crippen LogP contribution is -2.49. The molecule has 0 aromatic heterocycles. The van der Waals surface area contributed by atoms with Gasteiger partial charge in [0.1, 0.15) is 11.6 Å². The van der Waals surface area contributed by atoms with E-state index in [9.17, 15) is 22.4 Å². The van der Waals surface area contributed by atoms with Crippen LogP contribution in [-0.4, -0.2) is 44.2 Å². The number of halogens is 1. The SMILES string of the molecule is Cc1cccc(OCC(=O)NNC(=O)C2CCN(S(=O)(=O)c3ccc(F)cc3)CC2)c1. The highest BCUT2D eigenvalue weighted by Crippen LogP contribution is 2.24. The van der Waals surface area contributed by atoms with E-state index in [0.717, 1.165) is 17.7 Å². The third-order valence-electron chi connectivity index (χ3n) is 4.96. The average Bonchev–Trinajstić information content (AvgIpc) is 2.76. The van der Waals surface area contributed by atoms with Gasteiger partial charge in [0.2, 0.25) is 15.9 Å².